The van der Waals surface area contributed by atoms with E-state index in [1.165, 1.54) is 17.3 Å². The maximum Gasteiger partial charge on any atom is 0.260 e. The van der Waals surface area contributed by atoms with Crippen molar-refractivity contribution in [2.75, 3.05) is 18.5 Å². The van der Waals surface area contributed by atoms with E-state index in [9.17, 15) is 4.79 Å². The predicted molar refractivity (Wildman–Crippen MR) is 134 cm³/mol. The van der Waals surface area contributed by atoms with E-state index in [2.05, 4.69) is 42.8 Å². The number of carbonyl (C=O) groups is 1. The Morgan fingerprint density at radius 2 is 1.91 bits per heavy atom. The maximum atomic E-state index is 12.6. The lowest BCUT2D eigenvalue weighted by Crippen LogP contribution is -2.30. The lowest BCUT2D eigenvalue weighted by Gasteiger charge is -2.16. The number of benzene rings is 2. The summed E-state index contributed by atoms with van der Waals surface area (Å²) in [7, 11) is 0. The minimum Gasteiger partial charge on any atom is -0.490 e. The standard InChI is InChI=1S/C26H30N2O3S/c1-5-9-20-15-19(16-22(30-8-4)24(20)31-14-6-2)17-23-25(29)28-26(32-23)27-21-12-10-18(7-3)11-13-21/h5-6,10-13,15-17,26-27H,1-2,7-9,14H2,3-4H3,(H,28,29)/b23-17-/t26-/m1/s1. The lowest BCUT2D eigenvalue weighted by atomic mass is 10.0. The van der Waals surface area contributed by atoms with Crippen LogP contribution in [0.15, 0.2) is 66.6 Å². The number of rotatable bonds is 11. The highest BCUT2D eigenvalue weighted by atomic mass is 32.2. The third kappa shape index (κ3) is 5.98. The van der Waals surface area contributed by atoms with E-state index in [1.54, 1.807) is 6.08 Å². The second kappa shape index (κ2) is 11.5. The molecule has 0 radical (unpaired) electrons. The van der Waals surface area contributed by atoms with Gasteiger partial charge in [0, 0.05) is 11.3 Å². The summed E-state index contributed by atoms with van der Waals surface area (Å²) >= 11 is 1.46. The quantitative estimate of drug-likeness (QED) is 0.348. The van der Waals surface area contributed by atoms with Crippen LogP contribution >= 0.6 is 11.8 Å². The van der Waals surface area contributed by atoms with Crippen molar-refractivity contribution < 1.29 is 14.3 Å². The molecule has 0 spiro atoms. The van der Waals surface area contributed by atoms with Gasteiger partial charge in [-0.25, -0.2) is 0 Å². The second-order valence-corrected chi connectivity index (χ2v) is 8.35. The zero-order chi connectivity index (χ0) is 22.9. The summed E-state index contributed by atoms with van der Waals surface area (Å²) in [5, 5.41) is 6.34. The van der Waals surface area contributed by atoms with Crippen LogP contribution in [0, 0.1) is 0 Å². The van der Waals surface area contributed by atoms with Crippen molar-refractivity contribution in [3.8, 4) is 11.5 Å². The third-order valence-corrected chi connectivity index (χ3v) is 5.88. The fraction of sp³-hybridized carbons (Fsp3) is 0.269. The van der Waals surface area contributed by atoms with E-state index in [1.807, 2.05) is 43.3 Å². The van der Waals surface area contributed by atoms with Gasteiger partial charge >= 0.3 is 0 Å². The fourth-order valence-corrected chi connectivity index (χ4v) is 4.33. The lowest BCUT2D eigenvalue weighted by molar-refractivity contribution is -0.116. The molecule has 0 bridgehead atoms. The number of thioether (sulfide) groups is 1. The monoisotopic (exact) mass is 450 g/mol. The number of hydrogen-bond donors (Lipinski definition) is 2. The molecule has 3 rings (SSSR count). The van der Waals surface area contributed by atoms with Gasteiger partial charge in [0.1, 0.15) is 6.61 Å². The Kier molecular flexibility index (Phi) is 8.45. The summed E-state index contributed by atoms with van der Waals surface area (Å²) in [5.41, 5.74) is 3.85. The average molecular weight is 451 g/mol. The molecule has 1 heterocycles. The van der Waals surface area contributed by atoms with Crippen LogP contribution in [0.1, 0.15) is 30.5 Å². The van der Waals surface area contributed by atoms with Crippen LogP contribution in [0.3, 0.4) is 0 Å². The molecule has 2 aromatic rings. The smallest absolute Gasteiger partial charge is 0.260 e. The number of nitrogens with one attached hydrogen (secondary N) is 2. The zero-order valence-electron chi connectivity index (χ0n) is 18.6. The van der Waals surface area contributed by atoms with E-state index in [0.29, 0.717) is 36.0 Å². The number of allylic oxidation sites excluding steroid dienone is 1. The molecule has 0 saturated carbocycles. The number of hydrogen-bond acceptors (Lipinski definition) is 5. The van der Waals surface area contributed by atoms with E-state index in [-0.39, 0.29) is 11.4 Å². The van der Waals surface area contributed by atoms with Crippen molar-refractivity contribution in [2.24, 2.45) is 0 Å². The van der Waals surface area contributed by atoms with Gasteiger partial charge in [-0.05, 0) is 61.2 Å². The van der Waals surface area contributed by atoms with Crippen molar-refractivity contribution in [2.45, 2.75) is 32.2 Å². The Morgan fingerprint density at radius 3 is 2.56 bits per heavy atom. The number of ether oxygens (including phenoxy) is 2. The highest BCUT2D eigenvalue weighted by Crippen LogP contribution is 2.36. The van der Waals surface area contributed by atoms with Gasteiger partial charge in [0.05, 0.1) is 11.5 Å². The first-order valence-corrected chi connectivity index (χ1v) is 11.6. The number of aryl methyl sites for hydroxylation is 1. The highest BCUT2D eigenvalue weighted by Gasteiger charge is 2.27. The van der Waals surface area contributed by atoms with E-state index < -0.39 is 0 Å². The van der Waals surface area contributed by atoms with Crippen LogP contribution in [0.5, 0.6) is 11.5 Å². The normalized spacial score (nSPS) is 16.5. The van der Waals surface area contributed by atoms with Crippen LogP contribution in [-0.2, 0) is 17.6 Å². The van der Waals surface area contributed by atoms with Gasteiger partial charge in [-0.2, -0.15) is 0 Å². The molecule has 2 aromatic carbocycles. The van der Waals surface area contributed by atoms with Crippen molar-refractivity contribution in [1.29, 1.82) is 0 Å². The van der Waals surface area contributed by atoms with Crippen LogP contribution in [0.25, 0.3) is 6.08 Å². The minimum atomic E-state index is -0.226. The summed E-state index contributed by atoms with van der Waals surface area (Å²) < 4.78 is 11.7. The number of carbonyl (C=O) groups excluding carboxylic acids is 1. The molecule has 0 aliphatic carbocycles. The van der Waals surface area contributed by atoms with Gasteiger partial charge in [-0.15, -0.1) is 6.58 Å². The van der Waals surface area contributed by atoms with Gasteiger partial charge in [-0.1, -0.05) is 49.5 Å². The topological polar surface area (TPSA) is 59.6 Å². The zero-order valence-corrected chi connectivity index (χ0v) is 19.5. The molecular weight excluding hydrogens is 420 g/mol. The molecule has 1 aliphatic heterocycles. The van der Waals surface area contributed by atoms with Crippen LogP contribution in [-0.4, -0.2) is 24.6 Å². The Labute approximate surface area is 194 Å². The van der Waals surface area contributed by atoms with Crippen LogP contribution in [0.4, 0.5) is 5.69 Å². The van der Waals surface area contributed by atoms with Gasteiger partial charge < -0.3 is 20.1 Å². The Hall–Kier alpha value is -3.12. The van der Waals surface area contributed by atoms with Crippen molar-refractivity contribution in [1.82, 2.24) is 5.32 Å². The largest absolute Gasteiger partial charge is 0.490 e. The maximum absolute atomic E-state index is 12.6. The van der Waals surface area contributed by atoms with Crippen molar-refractivity contribution in [3.05, 3.63) is 83.3 Å². The third-order valence-electron chi connectivity index (χ3n) is 4.85. The first-order chi connectivity index (χ1) is 15.6. The summed E-state index contributed by atoms with van der Waals surface area (Å²) in [4.78, 5) is 13.2. The first kappa shape index (κ1) is 23.5. The first-order valence-electron chi connectivity index (χ1n) is 10.8. The molecule has 0 aromatic heterocycles. The van der Waals surface area contributed by atoms with Crippen molar-refractivity contribution in [3.63, 3.8) is 0 Å². The molecule has 0 unspecified atom stereocenters. The Balaban J connectivity index is 1.83. The predicted octanol–water partition coefficient (Wildman–Crippen LogP) is 5.54. The number of anilines is 1. The summed E-state index contributed by atoms with van der Waals surface area (Å²) in [6.07, 6.45) is 7.03. The van der Waals surface area contributed by atoms with Gasteiger partial charge in [-0.3, -0.25) is 4.79 Å². The average Bonchev–Trinajstić information content (AvgIpc) is 3.12. The van der Waals surface area contributed by atoms with Crippen LogP contribution in [0.2, 0.25) is 0 Å². The molecular formula is C26H30N2O3S. The SMILES string of the molecule is C=CCOc1c(CC=C)cc(/C=C2\S[C@H](Nc3ccc(CC)cc3)NC2=O)cc1OCC. The molecule has 1 amide bonds. The molecule has 168 valence electrons. The minimum absolute atomic E-state index is 0.104. The molecule has 32 heavy (non-hydrogen) atoms. The molecule has 6 heteroatoms. The second-order valence-electron chi connectivity index (χ2n) is 7.21. The van der Waals surface area contributed by atoms with E-state index in [4.69, 9.17) is 9.47 Å². The number of amides is 1. The molecule has 5 nitrogen and oxygen atoms in total. The molecule has 2 N–H and O–H groups in total. The summed E-state index contributed by atoms with van der Waals surface area (Å²) in [6, 6.07) is 12.2. The molecule has 1 atom stereocenters. The van der Waals surface area contributed by atoms with Crippen molar-refractivity contribution >= 4 is 29.4 Å². The Morgan fingerprint density at radius 1 is 1.12 bits per heavy atom. The highest BCUT2D eigenvalue weighted by molar-refractivity contribution is 8.05. The van der Waals surface area contributed by atoms with E-state index in [0.717, 1.165) is 23.2 Å². The molecule has 1 fully saturated rings. The van der Waals surface area contributed by atoms with Gasteiger partial charge in [0.15, 0.2) is 17.0 Å². The van der Waals surface area contributed by atoms with Gasteiger partial charge in [0.25, 0.3) is 5.91 Å². The molecule has 1 aliphatic rings. The van der Waals surface area contributed by atoms with E-state index >= 15 is 0 Å². The van der Waals surface area contributed by atoms with Gasteiger partial charge in [0.2, 0.25) is 0 Å². The molecule has 1 saturated heterocycles. The summed E-state index contributed by atoms with van der Waals surface area (Å²) in [5.74, 6) is 1.23. The Bertz CT molecular complexity index is 999. The van der Waals surface area contributed by atoms with Crippen LogP contribution < -0.4 is 20.1 Å². The fourth-order valence-electron chi connectivity index (χ4n) is 3.35. The summed E-state index contributed by atoms with van der Waals surface area (Å²) in [6.45, 7) is 12.5.